The van der Waals surface area contributed by atoms with E-state index in [4.69, 9.17) is 4.74 Å². The van der Waals surface area contributed by atoms with E-state index in [1.54, 1.807) is 4.90 Å². The Labute approximate surface area is 174 Å². The van der Waals surface area contributed by atoms with Gasteiger partial charge in [0.2, 0.25) is 0 Å². The van der Waals surface area contributed by atoms with Crippen molar-refractivity contribution in [1.29, 1.82) is 0 Å². The van der Waals surface area contributed by atoms with Gasteiger partial charge in [-0.3, -0.25) is 4.90 Å². The number of halogens is 2. The molecule has 4 nitrogen and oxygen atoms in total. The maximum absolute atomic E-state index is 14.8. The molecule has 0 saturated carbocycles. The third kappa shape index (κ3) is 5.11. The topological polar surface area (TPSA) is 32.8 Å². The van der Waals surface area contributed by atoms with Crippen LogP contribution in [0.5, 0.6) is 0 Å². The molecule has 1 amide bonds. The molecule has 0 aromatic heterocycles. The molecular weight excluding hydrogens is 423 g/mol. The van der Waals surface area contributed by atoms with Gasteiger partial charge in [0.25, 0.3) is 0 Å². The first-order valence-corrected chi connectivity index (χ1v) is 10.3. The van der Waals surface area contributed by atoms with Gasteiger partial charge in [0, 0.05) is 36.2 Å². The van der Waals surface area contributed by atoms with Crippen LogP contribution in [0.1, 0.15) is 37.9 Å². The molecule has 1 heterocycles. The molecule has 0 bridgehead atoms. The predicted octanol–water partition coefficient (Wildman–Crippen LogP) is 5.23. The second-order valence-electron chi connectivity index (χ2n) is 7.98. The summed E-state index contributed by atoms with van der Waals surface area (Å²) in [4.78, 5) is 16.3. The largest absolute Gasteiger partial charge is 0.444 e. The van der Waals surface area contributed by atoms with Gasteiger partial charge < -0.3 is 9.64 Å². The number of ether oxygens (including phenoxy) is 1. The van der Waals surface area contributed by atoms with E-state index in [9.17, 15) is 9.18 Å². The number of hydrogen-bond donors (Lipinski definition) is 0. The number of carbonyl (C=O) groups is 1. The molecule has 0 N–H and O–H groups in total. The Kier molecular flexibility index (Phi) is 6.40. The molecule has 3 rings (SSSR count). The van der Waals surface area contributed by atoms with Crippen molar-refractivity contribution in [3.05, 3.63) is 69.9 Å². The summed E-state index contributed by atoms with van der Waals surface area (Å²) < 4.78 is 21.0. The number of nitrogens with zero attached hydrogens (tertiary/aromatic N) is 2. The quantitative estimate of drug-likeness (QED) is 0.644. The maximum Gasteiger partial charge on any atom is 0.410 e. The Morgan fingerprint density at radius 1 is 1.07 bits per heavy atom. The van der Waals surface area contributed by atoms with Crippen LogP contribution >= 0.6 is 15.9 Å². The number of carbonyl (C=O) groups excluding carboxylic acids is 1. The van der Waals surface area contributed by atoms with Gasteiger partial charge in [-0.2, -0.15) is 0 Å². The number of amides is 1. The fraction of sp³-hybridized carbons (Fsp3) is 0.409. The molecule has 1 fully saturated rings. The Morgan fingerprint density at radius 2 is 1.71 bits per heavy atom. The van der Waals surface area contributed by atoms with Gasteiger partial charge in [-0.05, 0) is 38.5 Å². The predicted molar refractivity (Wildman–Crippen MR) is 112 cm³/mol. The third-order valence-corrected chi connectivity index (χ3v) is 5.20. The van der Waals surface area contributed by atoms with E-state index in [1.807, 2.05) is 63.2 Å². The summed E-state index contributed by atoms with van der Waals surface area (Å²) in [5.74, 6) is -0.238. The summed E-state index contributed by atoms with van der Waals surface area (Å²) in [6.45, 7) is 7.99. The van der Waals surface area contributed by atoms with Crippen LogP contribution in [0.25, 0.3) is 0 Å². The van der Waals surface area contributed by atoms with Crippen molar-refractivity contribution in [3.63, 3.8) is 0 Å². The standard InChI is InChI=1S/C22H26BrFN2O2/c1-22(2,3)28-21(27)26-13-11-25(12-14-26)20(16-7-5-4-6-8-16)18-10-9-17(23)15-19(18)24/h4-10,15,20H,11-14H2,1-3H3. The molecule has 1 aliphatic heterocycles. The summed E-state index contributed by atoms with van der Waals surface area (Å²) in [6.07, 6.45) is -0.293. The highest BCUT2D eigenvalue weighted by molar-refractivity contribution is 9.10. The molecule has 28 heavy (non-hydrogen) atoms. The molecule has 1 aliphatic rings. The average Bonchev–Trinajstić information content (AvgIpc) is 2.64. The molecule has 1 atom stereocenters. The maximum atomic E-state index is 14.8. The molecule has 1 saturated heterocycles. The van der Waals surface area contributed by atoms with Gasteiger partial charge in [-0.1, -0.05) is 52.3 Å². The molecule has 2 aromatic carbocycles. The second kappa shape index (κ2) is 8.62. The first-order chi connectivity index (χ1) is 13.2. The second-order valence-corrected chi connectivity index (χ2v) is 8.90. The van der Waals surface area contributed by atoms with Crippen LogP contribution in [0.15, 0.2) is 53.0 Å². The van der Waals surface area contributed by atoms with Gasteiger partial charge in [0.15, 0.2) is 0 Å². The van der Waals surface area contributed by atoms with Crippen molar-refractivity contribution >= 4 is 22.0 Å². The van der Waals surface area contributed by atoms with Gasteiger partial charge in [-0.15, -0.1) is 0 Å². The van der Waals surface area contributed by atoms with E-state index < -0.39 is 5.60 Å². The van der Waals surface area contributed by atoms with Crippen LogP contribution in [0.4, 0.5) is 9.18 Å². The SMILES string of the molecule is CC(C)(C)OC(=O)N1CCN(C(c2ccccc2)c2ccc(Br)cc2F)CC1. The molecular formula is C22H26BrFN2O2. The first kappa shape index (κ1) is 20.8. The Morgan fingerprint density at radius 3 is 2.29 bits per heavy atom. The van der Waals surface area contributed by atoms with Crippen LogP contribution in [0.3, 0.4) is 0 Å². The van der Waals surface area contributed by atoms with Crippen LogP contribution in [0, 0.1) is 5.82 Å². The summed E-state index contributed by atoms with van der Waals surface area (Å²) >= 11 is 3.33. The minimum atomic E-state index is -0.513. The smallest absolute Gasteiger partial charge is 0.410 e. The molecule has 0 aliphatic carbocycles. The van der Waals surface area contributed by atoms with Crippen molar-refractivity contribution in [2.75, 3.05) is 26.2 Å². The first-order valence-electron chi connectivity index (χ1n) is 9.46. The van der Waals surface area contributed by atoms with Gasteiger partial charge in [0.1, 0.15) is 11.4 Å². The molecule has 6 heteroatoms. The fourth-order valence-electron chi connectivity index (χ4n) is 3.43. The van der Waals surface area contributed by atoms with Crippen LogP contribution in [-0.2, 0) is 4.74 Å². The van der Waals surface area contributed by atoms with Crippen LogP contribution in [0.2, 0.25) is 0 Å². The number of rotatable bonds is 3. The van der Waals surface area contributed by atoms with Crippen LogP contribution < -0.4 is 0 Å². The highest BCUT2D eigenvalue weighted by Crippen LogP contribution is 2.32. The zero-order valence-electron chi connectivity index (χ0n) is 16.5. The highest BCUT2D eigenvalue weighted by atomic mass is 79.9. The van der Waals surface area contributed by atoms with E-state index in [1.165, 1.54) is 6.07 Å². The van der Waals surface area contributed by atoms with Crippen molar-refractivity contribution in [1.82, 2.24) is 9.80 Å². The lowest BCUT2D eigenvalue weighted by Gasteiger charge is -2.40. The van der Waals surface area contributed by atoms with Crippen molar-refractivity contribution in [2.45, 2.75) is 32.4 Å². The third-order valence-electron chi connectivity index (χ3n) is 4.70. The Hall–Kier alpha value is -1.92. The Bertz CT molecular complexity index is 815. The minimum Gasteiger partial charge on any atom is -0.444 e. The normalized spacial score (nSPS) is 16.7. The minimum absolute atomic E-state index is 0.199. The summed E-state index contributed by atoms with van der Waals surface area (Å²) in [5, 5.41) is 0. The van der Waals surface area contributed by atoms with Crippen molar-refractivity contribution in [2.24, 2.45) is 0 Å². The number of piperazine rings is 1. The van der Waals surface area contributed by atoms with Crippen LogP contribution in [-0.4, -0.2) is 47.7 Å². The van der Waals surface area contributed by atoms with E-state index >= 15 is 0 Å². The highest BCUT2D eigenvalue weighted by Gasteiger charge is 2.31. The zero-order valence-corrected chi connectivity index (χ0v) is 18.1. The lowest BCUT2D eigenvalue weighted by molar-refractivity contribution is 0.0118. The summed E-state index contributed by atoms with van der Waals surface area (Å²) in [6, 6.07) is 14.9. The lowest BCUT2D eigenvalue weighted by atomic mass is 9.96. The van der Waals surface area contributed by atoms with E-state index in [-0.39, 0.29) is 18.0 Å². The van der Waals surface area contributed by atoms with E-state index in [2.05, 4.69) is 20.8 Å². The van der Waals surface area contributed by atoms with Crippen molar-refractivity contribution in [3.8, 4) is 0 Å². The van der Waals surface area contributed by atoms with Gasteiger partial charge in [-0.25, -0.2) is 9.18 Å². The lowest BCUT2D eigenvalue weighted by Crippen LogP contribution is -2.51. The average molecular weight is 449 g/mol. The molecule has 0 spiro atoms. The van der Waals surface area contributed by atoms with Crippen molar-refractivity contribution < 1.29 is 13.9 Å². The molecule has 2 aromatic rings. The van der Waals surface area contributed by atoms with E-state index in [0.29, 0.717) is 31.7 Å². The molecule has 150 valence electrons. The summed E-state index contributed by atoms with van der Waals surface area (Å²) in [5.41, 5.74) is 1.16. The monoisotopic (exact) mass is 448 g/mol. The Balaban J connectivity index is 1.80. The number of benzene rings is 2. The van der Waals surface area contributed by atoms with Gasteiger partial charge in [0.05, 0.1) is 6.04 Å². The number of hydrogen-bond acceptors (Lipinski definition) is 3. The zero-order chi connectivity index (χ0) is 20.3. The van der Waals surface area contributed by atoms with E-state index in [0.717, 1.165) is 10.0 Å². The molecule has 1 unspecified atom stereocenters. The molecule has 0 radical (unpaired) electrons. The fourth-order valence-corrected chi connectivity index (χ4v) is 3.77. The van der Waals surface area contributed by atoms with Gasteiger partial charge >= 0.3 is 6.09 Å². The summed E-state index contributed by atoms with van der Waals surface area (Å²) in [7, 11) is 0.